The van der Waals surface area contributed by atoms with Gasteiger partial charge in [-0.1, -0.05) is 12.1 Å². The number of aromatic nitrogens is 2. The Balaban J connectivity index is 2.22. The highest BCUT2D eigenvalue weighted by Gasteiger charge is 2.12. The molecule has 0 fully saturated rings. The molecule has 4 nitrogen and oxygen atoms in total. The van der Waals surface area contributed by atoms with E-state index in [0.717, 1.165) is 22.2 Å². The van der Waals surface area contributed by atoms with Gasteiger partial charge in [0.1, 0.15) is 11.8 Å². The van der Waals surface area contributed by atoms with E-state index in [-0.39, 0.29) is 11.3 Å². The molecule has 0 aliphatic heterocycles. The van der Waals surface area contributed by atoms with Crippen molar-refractivity contribution in [2.75, 3.05) is 0 Å². The number of aromatic hydroxyl groups is 1. The molecule has 0 aliphatic carbocycles. The Labute approximate surface area is 122 Å². The Kier molecular flexibility index (Phi) is 3.17. The van der Waals surface area contributed by atoms with Crippen LogP contribution in [-0.2, 0) is 6.42 Å². The van der Waals surface area contributed by atoms with E-state index in [0.29, 0.717) is 12.0 Å². The number of aromatic amines is 1. The average molecular weight is 275 g/mol. The topological polar surface area (TPSA) is 72.7 Å². The van der Waals surface area contributed by atoms with Crippen LogP contribution in [0.15, 0.2) is 49.3 Å². The predicted molar refractivity (Wildman–Crippen MR) is 81.8 cm³/mol. The molecule has 0 saturated carbocycles. The van der Waals surface area contributed by atoms with Crippen LogP contribution in [0.3, 0.4) is 0 Å². The second kappa shape index (κ2) is 5.14. The zero-order valence-electron chi connectivity index (χ0n) is 11.3. The molecule has 0 unspecified atom stereocenters. The lowest BCUT2D eigenvalue weighted by Crippen LogP contribution is -1.89. The van der Waals surface area contributed by atoms with Gasteiger partial charge in [0.25, 0.3) is 0 Å². The van der Waals surface area contributed by atoms with Crippen molar-refractivity contribution >= 4 is 11.0 Å². The molecule has 0 atom stereocenters. The zero-order chi connectivity index (χ0) is 14.8. The number of H-pyrrole nitrogens is 1. The van der Waals surface area contributed by atoms with E-state index in [1.807, 2.05) is 30.3 Å². The maximum atomic E-state index is 10.3. The van der Waals surface area contributed by atoms with E-state index >= 15 is 0 Å². The molecular formula is C17H13N3O. The lowest BCUT2D eigenvalue weighted by atomic mass is 9.97. The summed E-state index contributed by atoms with van der Waals surface area (Å²) in [6, 6.07) is 11.3. The number of hydrogen-bond acceptors (Lipinski definition) is 3. The Morgan fingerprint density at radius 1 is 1.33 bits per heavy atom. The summed E-state index contributed by atoms with van der Waals surface area (Å²) < 4.78 is 0. The first-order valence-electron chi connectivity index (χ1n) is 6.53. The Hall–Kier alpha value is -3.06. The maximum absolute atomic E-state index is 10.3. The first-order valence-corrected chi connectivity index (χ1v) is 6.53. The fourth-order valence-corrected chi connectivity index (χ4v) is 2.39. The van der Waals surface area contributed by atoms with Crippen molar-refractivity contribution in [1.29, 1.82) is 5.26 Å². The highest BCUT2D eigenvalue weighted by Crippen LogP contribution is 2.34. The normalized spacial score (nSPS) is 10.4. The standard InChI is InChI=1S/C17H13N3O/c1-2-3-11-6-13(9-18)17(21)14(7-11)12-4-5-15-16(8-12)20-10-19-15/h2,4-8,10,21H,1,3H2,(H,19,20). The predicted octanol–water partition coefficient (Wildman–Crippen LogP) is 3.54. The number of hydrogen-bond donors (Lipinski definition) is 2. The lowest BCUT2D eigenvalue weighted by Gasteiger charge is -2.09. The van der Waals surface area contributed by atoms with Gasteiger partial charge in [0.2, 0.25) is 0 Å². The molecule has 21 heavy (non-hydrogen) atoms. The van der Waals surface area contributed by atoms with Crippen LogP contribution in [-0.4, -0.2) is 15.1 Å². The Bertz CT molecular complexity index is 871. The van der Waals surface area contributed by atoms with Crippen molar-refractivity contribution in [2.24, 2.45) is 0 Å². The van der Waals surface area contributed by atoms with E-state index in [1.165, 1.54) is 0 Å². The van der Waals surface area contributed by atoms with E-state index < -0.39 is 0 Å². The number of fused-ring (bicyclic) bond motifs is 1. The number of phenols is 1. The summed E-state index contributed by atoms with van der Waals surface area (Å²) >= 11 is 0. The van der Waals surface area contributed by atoms with Crippen molar-refractivity contribution in [1.82, 2.24) is 9.97 Å². The van der Waals surface area contributed by atoms with Crippen molar-refractivity contribution < 1.29 is 5.11 Å². The number of rotatable bonds is 3. The quantitative estimate of drug-likeness (QED) is 0.718. The van der Waals surface area contributed by atoms with Gasteiger partial charge in [-0.05, 0) is 41.8 Å². The van der Waals surface area contributed by atoms with Gasteiger partial charge in [0, 0.05) is 5.56 Å². The van der Waals surface area contributed by atoms with Gasteiger partial charge in [-0.2, -0.15) is 5.26 Å². The molecular weight excluding hydrogens is 262 g/mol. The van der Waals surface area contributed by atoms with Gasteiger partial charge in [-0.15, -0.1) is 6.58 Å². The van der Waals surface area contributed by atoms with Crippen molar-refractivity contribution in [3.63, 3.8) is 0 Å². The zero-order valence-corrected chi connectivity index (χ0v) is 11.3. The van der Waals surface area contributed by atoms with Gasteiger partial charge in [-0.3, -0.25) is 0 Å². The van der Waals surface area contributed by atoms with Crippen LogP contribution in [0, 0.1) is 11.3 Å². The highest BCUT2D eigenvalue weighted by atomic mass is 16.3. The average Bonchev–Trinajstić information content (AvgIpc) is 2.96. The molecule has 0 spiro atoms. The minimum absolute atomic E-state index is 0.00387. The third-order valence-corrected chi connectivity index (χ3v) is 3.40. The second-order valence-corrected chi connectivity index (χ2v) is 4.78. The molecule has 0 amide bonds. The summed E-state index contributed by atoms with van der Waals surface area (Å²) in [5, 5.41) is 19.5. The molecule has 3 aromatic rings. The van der Waals surface area contributed by atoms with Crippen LogP contribution in [0.1, 0.15) is 11.1 Å². The number of phenolic OH excluding ortho intramolecular Hbond substituents is 1. The summed E-state index contributed by atoms with van der Waals surface area (Å²) in [6.45, 7) is 3.71. The SMILES string of the molecule is C=CCc1cc(C#N)c(O)c(-c2ccc3nc[nH]c3c2)c1. The smallest absolute Gasteiger partial charge is 0.141 e. The molecule has 0 saturated heterocycles. The minimum Gasteiger partial charge on any atom is -0.506 e. The largest absolute Gasteiger partial charge is 0.506 e. The van der Waals surface area contributed by atoms with Crippen molar-refractivity contribution in [3.05, 3.63) is 60.4 Å². The van der Waals surface area contributed by atoms with Gasteiger partial charge in [0.05, 0.1) is 22.9 Å². The summed E-state index contributed by atoms with van der Waals surface area (Å²) in [5.41, 5.74) is 4.45. The molecule has 2 N–H and O–H groups in total. The number of allylic oxidation sites excluding steroid dienone is 1. The first kappa shape index (κ1) is 12.9. The molecule has 2 aromatic carbocycles. The van der Waals surface area contributed by atoms with Gasteiger partial charge in [0.15, 0.2) is 0 Å². The Morgan fingerprint density at radius 3 is 2.95 bits per heavy atom. The first-order chi connectivity index (χ1) is 10.2. The van der Waals surface area contributed by atoms with Gasteiger partial charge in [-0.25, -0.2) is 4.98 Å². The fraction of sp³-hybridized carbons (Fsp3) is 0.0588. The summed E-state index contributed by atoms with van der Waals surface area (Å²) in [5.74, 6) is 0.00387. The Morgan fingerprint density at radius 2 is 2.19 bits per heavy atom. The van der Waals surface area contributed by atoms with Crippen molar-refractivity contribution in [3.8, 4) is 22.9 Å². The van der Waals surface area contributed by atoms with Crippen LogP contribution >= 0.6 is 0 Å². The van der Waals surface area contributed by atoms with Crippen molar-refractivity contribution in [2.45, 2.75) is 6.42 Å². The number of nitrogens with one attached hydrogen (secondary N) is 1. The van der Waals surface area contributed by atoms with Crippen LogP contribution in [0.5, 0.6) is 5.75 Å². The molecule has 102 valence electrons. The number of imidazole rings is 1. The lowest BCUT2D eigenvalue weighted by molar-refractivity contribution is 0.475. The summed E-state index contributed by atoms with van der Waals surface area (Å²) in [4.78, 5) is 7.22. The van der Waals surface area contributed by atoms with Gasteiger partial charge < -0.3 is 10.1 Å². The van der Waals surface area contributed by atoms with Crippen LogP contribution in [0.25, 0.3) is 22.2 Å². The minimum atomic E-state index is 0.00387. The third kappa shape index (κ3) is 2.26. The number of nitrogens with zero attached hydrogens (tertiary/aromatic N) is 2. The van der Waals surface area contributed by atoms with Crippen LogP contribution in [0.4, 0.5) is 0 Å². The van der Waals surface area contributed by atoms with E-state index in [1.54, 1.807) is 18.5 Å². The molecule has 1 heterocycles. The monoisotopic (exact) mass is 275 g/mol. The van der Waals surface area contributed by atoms with E-state index in [4.69, 9.17) is 5.26 Å². The molecule has 4 heteroatoms. The molecule has 1 aromatic heterocycles. The molecule has 3 rings (SSSR count). The fourth-order valence-electron chi connectivity index (χ4n) is 2.39. The number of benzene rings is 2. The molecule has 0 aliphatic rings. The van der Waals surface area contributed by atoms with E-state index in [2.05, 4.69) is 16.5 Å². The maximum Gasteiger partial charge on any atom is 0.141 e. The van der Waals surface area contributed by atoms with Crippen LogP contribution in [0.2, 0.25) is 0 Å². The molecule has 0 radical (unpaired) electrons. The van der Waals surface area contributed by atoms with Gasteiger partial charge >= 0.3 is 0 Å². The third-order valence-electron chi connectivity index (χ3n) is 3.40. The summed E-state index contributed by atoms with van der Waals surface area (Å²) in [6.07, 6.45) is 4.05. The second-order valence-electron chi connectivity index (χ2n) is 4.78. The highest BCUT2D eigenvalue weighted by molar-refractivity contribution is 5.84. The number of nitriles is 1. The van der Waals surface area contributed by atoms with Crippen LogP contribution < -0.4 is 0 Å². The molecule has 0 bridgehead atoms. The summed E-state index contributed by atoms with van der Waals surface area (Å²) in [7, 11) is 0. The van der Waals surface area contributed by atoms with E-state index in [9.17, 15) is 5.11 Å².